The number of methoxy groups -OCH3 is 1. The number of thiophene rings is 1. The van der Waals surface area contributed by atoms with Crippen LogP contribution in [-0.2, 0) is 44.1 Å². The van der Waals surface area contributed by atoms with Crippen LogP contribution in [0, 0.1) is 0 Å². The number of nitrogens with one attached hydrogen (secondary N) is 1. The summed E-state index contributed by atoms with van der Waals surface area (Å²) in [6, 6.07) is 5.47. The van der Waals surface area contributed by atoms with E-state index in [-0.39, 0.29) is 10.6 Å². The third kappa shape index (κ3) is 5.52. The number of amides is 2. The van der Waals surface area contributed by atoms with Crippen molar-refractivity contribution in [3.63, 3.8) is 0 Å². The normalized spacial score (nSPS) is 13.6. The minimum absolute atomic E-state index is 0.270. The number of thiazole rings is 1. The SMILES string of the molecule is CCOc1ccc2c(c1)sc(=NC(=O)CS(=O)(=O)CC(=O)Nc1sc3c(c1C(=O)OC)CCC3)n2C. The number of aromatic nitrogens is 1. The van der Waals surface area contributed by atoms with Gasteiger partial charge >= 0.3 is 5.97 Å². The van der Waals surface area contributed by atoms with Crippen LogP contribution in [0.2, 0.25) is 0 Å². The number of hydrogen-bond acceptors (Lipinski definition) is 9. The summed E-state index contributed by atoms with van der Waals surface area (Å²) in [6.07, 6.45) is 2.39. The zero-order valence-electron chi connectivity index (χ0n) is 20.0. The Morgan fingerprint density at radius 3 is 2.67 bits per heavy atom. The van der Waals surface area contributed by atoms with Crippen LogP contribution in [0.5, 0.6) is 5.75 Å². The summed E-state index contributed by atoms with van der Waals surface area (Å²) in [5.74, 6) is -3.42. The number of hydrogen-bond donors (Lipinski definition) is 1. The first kappa shape index (κ1) is 26.0. The fourth-order valence-electron chi connectivity index (χ4n) is 4.03. The molecule has 13 heteroatoms. The molecule has 0 spiro atoms. The standard InChI is InChI=1S/C23H25N3O7S3/c1-4-33-13-8-9-15-17(10-13)35-23(26(15)2)25-19(28)12-36(30,31)11-18(27)24-21-20(22(29)32-3)14-6-5-7-16(14)34-21/h8-10H,4-7,11-12H2,1-3H3,(H,24,27). The monoisotopic (exact) mass is 551 g/mol. The molecule has 0 radical (unpaired) electrons. The van der Waals surface area contributed by atoms with E-state index in [1.54, 1.807) is 17.7 Å². The molecule has 1 N–H and O–H groups in total. The zero-order valence-corrected chi connectivity index (χ0v) is 22.4. The van der Waals surface area contributed by atoms with Crippen molar-refractivity contribution in [3.05, 3.63) is 39.0 Å². The number of nitrogens with zero attached hydrogens (tertiary/aromatic N) is 2. The Morgan fingerprint density at radius 2 is 1.94 bits per heavy atom. The molecule has 0 unspecified atom stereocenters. The third-order valence-corrected chi connectivity index (χ3v) is 9.26. The molecule has 1 aromatic carbocycles. The van der Waals surface area contributed by atoms with Crippen LogP contribution in [0.15, 0.2) is 23.2 Å². The van der Waals surface area contributed by atoms with Crippen LogP contribution in [0.4, 0.5) is 5.00 Å². The smallest absolute Gasteiger partial charge is 0.341 e. The molecule has 2 heterocycles. The minimum Gasteiger partial charge on any atom is -0.494 e. The average molecular weight is 552 g/mol. The number of rotatable bonds is 8. The maximum atomic E-state index is 12.6. The lowest BCUT2D eigenvalue weighted by Gasteiger charge is -2.07. The van der Waals surface area contributed by atoms with Gasteiger partial charge in [-0.1, -0.05) is 11.3 Å². The molecule has 36 heavy (non-hydrogen) atoms. The molecule has 0 fully saturated rings. The fraction of sp³-hybridized carbons (Fsp3) is 0.391. The van der Waals surface area contributed by atoms with Gasteiger partial charge in [0.2, 0.25) is 5.91 Å². The van der Waals surface area contributed by atoms with Gasteiger partial charge in [-0.2, -0.15) is 4.99 Å². The van der Waals surface area contributed by atoms with E-state index in [2.05, 4.69) is 10.3 Å². The number of fused-ring (bicyclic) bond motifs is 2. The average Bonchev–Trinajstić information content (AvgIpc) is 3.46. The Hall–Kier alpha value is -3.03. The summed E-state index contributed by atoms with van der Waals surface area (Å²) in [6.45, 7) is 2.40. The van der Waals surface area contributed by atoms with Crippen LogP contribution < -0.4 is 14.9 Å². The first-order valence-electron chi connectivity index (χ1n) is 11.1. The largest absolute Gasteiger partial charge is 0.494 e. The Balaban J connectivity index is 1.47. The van der Waals surface area contributed by atoms with Crippen LogP contribution in [0.25, 0.3) is 10.2 Å². The van der Waals surface area contributed by atoms with Crippen molar-refractivity contribution in [2.75, 3.05) is 30.5 Å². The predicted octanol–water partition coefficient (Wildman–Crippen LogP) is 2.46. The van der Waals surface area contributed by atoms with Crippen molar-refractivity contribution < 1.29 is 32.3 Å². The van der Waals surface area contributed by atoms with Gasteiger partial charge in [0.15, 0.2) is 14.6 Å². The molecule has 0 bridgehead atoms. The molecule has 1 aliphatic carbocycles. The number of carbonyl (C=O) groups excluding carboxylic acids is 3. The number of anilines is 1. The van der Waals surface area contributed by atoms with Gasteiger partial charge in [-0.25, -0.2) is 13.2 Å². The van der Waals surface area contributed by atoms with Gasteiger partial charge in [0, 0.05) is 11.9 Å². The molecule has 3 aromatic rings. The maximum Gasteiger partial charge on any atom is 0.341 e. The molecule has 192 valence electrons. The second kappa shape index (κ2) is 10.5. The first-order valence-corrected chi connectivity index (χ1v) is 14.6. The van der Waals surface area contributed by atoms with Crippen molar-refractivity contribution >= 4 is 65.5 Å². The molecule has 0 atom stereocenters. The topological polar surface area (TPSA) is 133 Å². The van der Waals surface area contributed by atoms with Crippen LogP contribution in [0.3, 0.4) is 0 Å². The van der Waals surface area contributed by atoms with E-state index in [9.17, 15) is 22.8 Å². The number of sulfone groups is 1. The van der Waals surface area contributed by atoms with E-state index < -0.39 is 39.1 Å². The highest BCUT2D eigenvalue weighted by molar-refractivity contribution is 7.92. The molecule has 2 aromatic heterocycles. The number of aryl methyl sites for hydroxylation is 2. The van der Waals surface area contributed by atoms with E-state index in [0.717, 1.165) is 33.5 Å². The number of ether oxygens (including phenoxy) is 2. The molecular weight excluding hydrogens is 526 g/mol. The molecule has 2 amide bonds. The third-order valence-electron chi connectivity index (χ3n) is 5.57. The highest BCUT2D eigenvalue weighted by atomic mass is 32.2. The van der Waals surface area contributed by atoms with Crippen LogP contribution in [0.1, 0.15) is 34.1 Å². The van der Waals surface area contributed by atoms with Crippen molar-refractivity contribution in [2.45, 2.75) is 26.2 Å². The number of carbonyl (C=O) groups is 3. The summed E-state index contributed by atoms with van der Waals surface area (Å²) in [7, 11) is -1.12. The molecule has 4 rings (SSSR count). The minimum atomic E-state index is -4.10. The lowest BCUT2D eigenvalue weighted by molar-refractivity contribution is -0.115. The fourth-order valence-corrected chi connectivity index (χ4v) is 7.40. The highest BCUT2D eigenvalue weighted by Crippen LogP contribution is 2.39. The zero-order chi connectivity index (χ0) is 26.0. The van der Waals surface area contributed by atoms with Gasteiger partial charge in [0.1, 0.15) is 22.3 Å². The Kier molecular flexibility index (Phi) is 7.62. The Labute approximate surface area is 215 Å². The molecule has 1 aliphatic rings. The van der Waals surface area contributed by atoms with E-state index in [0.29, 0.717) is 23.6 Å². The van der Waals surface area contributed by atoms with Gasteiger partial charge in [-0.3, -0.25) is 9.59 Å². The summed E-state index contributed by atoms with van der Waals surface area (Å²) < 4.78 is 38.0. The van der Waals surface area contributed by atoms with Crippen molar-refractivity contribution in [2.24, 2.45) is 12.0 Å². The Bertz CT molecular complexity index is 1530. The summed E-state index contributed by atoms with van der Waals surface area (Å²) in [5, 5.41) is 2.79. The highest BCUT2D eigenvalue weighted by Gasteiger charge is 2.29. The summed E-state index contributed by atoms with van der Waals surface area (Å²) >= 11 is 2.48. The van der Waals surface area contributed by atoms with E-state index >= 15 is 0 Å². The molecule has 0 saturated heterocycles. The van der Waals surface area contributed by atoms with Crippen molar-refractivity contribution in [1.29, 1.82) is 0 Å². The van der Waals surface area contributed by atoms with Gasteiger partial charge in [0.05, 0.1) is 29.5 Å². The second-order valence-electron chi connectivity index (χ2n) is 8.15. The maximum absolute atomic E-state index is 12.6. The van der Waals surface area contributed by atoms with Gasteiger partial charge in [-0.05, 0) is 49.9 Å². The number of esters is 1. The van der Waals surface area contributed by atoms with Gasteiger partial charge < -0.3 is 19.4 Å². The predicted molar refractivity (Wildman–Crippen MR) is 138 cm³/mol. The first-order chi connectivity index (χ1) is 17.1. The quantitative estimate of drug-likeness (QED) is 0.425. The van der Waals surface area contributed by atoms with Crippen molar-refractivity contribution in [3.8, 4) is 5.75 Å². The van der Waals surface area contributed by atoms with Crippen LogP contribution in [-0.4, -0.2) is 56.0 Å². The van der Waals surface area contributed by atoms with E-state index in [4.69, 9.17) is 9.47 Å². The summed E-state index contributed by atoms with van der Waals surface area (Å²) in [4.78, 5) is 42.5. The summed E-state index contributed by atoms with van der Waals surface area (Å²) in [5.41, 5.74) is 1.93. The molecular formula is C23H25N3O7S3. The van der Waals surface area contributed by atoms with Crippen molar-refractivity contribution in [1.82, 2.24) is 4.57 Å². The second-order valence-corrected chi connectivity index (χ2v) is 12.3. The van der Waals surface area contributed by atoms with Gasteiger partial charge in [0.25, 0.3) is 5.91 Å². The molecule has 0 saturated carbocycles. The van der Waals surface area contributed by atoms with Gasteiger partial charge in [-0.15, -0.1) is 11.3 Å². The molecule has 0 aliphatic heterocycles. The lowest BCUT2D eigenvalue weighted by atomic mass is 10.1. The van der Waals surface area contributed by atoms with E-state index in [1.165, 1.54) is 29.8 Å². The molecule has 10 nitrogen and oxygen atoms in total. The lowest BCUT2D eigenvalue weighted by Crippen LogP contribution is -2.28. The number of benzene rings is 1. The Morgan fingerprint density at radius 1 is 1.17 bits per heavy atom. The van der Waals surface area contributed by atoms with Crippen LogP contribution >= 0.6 is 22.7 Å². The van der Waals surface area contributed by atoms with E-state index in [1.807, 2.05) is 19.1 Å².